The van der Waals surface area contributed by atoms with Gasteiger partial charge in [-0.2, -0.15) is 5.10 Å². The van der Waals surface area contributed by atoms with Crippen molar-refractivity contribution in [3.05, 3.63) is 41.8 Å². The summed E-state index contributed by atoms with van der Waals surface area (Å²) >= 11 is 1.58. The highest BCUT2D eigenvalue weighted by atomic mass is 32.1. The smallest absolute Gasteiger partial charge is 0.181 e. The molecule has 0 atom stereocenters. The standard InChI is InChI=1S/C13H11N3OS/c1-17-10-7-11(18-8-10)13-14-12(15-16-13)9-5-3-2-4-6-9/h2-8H,1H3,(H,14,15,16). The Balaban J connectivity index is 1.94. The van der Waals surface area contributed by atoms with Crippen LogP contribution in [-0.2, 0) is 0 Å². The molecule has 3 rings (SSSR count). The second kappa shape index (κ2) is 4.62. The molecule has 2 aromatic heterocycles. The molecule has 90 valence electrons. The lowest BCUT2D eigenvalue weighted by Crippen LogP contribution is -1.79. The Morgan fingerprint density at radius 2 is 2.06 bits per heavy atom. The zero-order valence-electron chi connectivity index (χ0n) is 9.75. The molecule has 0 fully saturated rings. The second-order valence-corrected chi connectivity index (χ2v) is 4.64. The minimum absolute atomic E-state index is 0.706. The number of nitrogens with one attached hydrogen (secondary N) is 1. The van der Waals surface area contributed by atoms with Gasteiger partial charge in [0.2, 0.25) is 0 Å². The van der Waals surface area contributed by atoms with Gasteiger partial charge < -0.3 is 4.74 Å². The van der Waals surface area contributed by atoms with Crippen LogP contribution in [0.2, 0.25) is 0 Å². The van der Waals surface area contributed by atoms with Crippen molar-refractivity contribution in [2.45, 2.75) is 0 Å². The fraction of sp³-hybridized carbons (Fsp3) is 0.0769. The van der Waals surface area contributed by atoms with E-state index in [-0.39, 0.29) is 0 Å². The number of aromatic amines is 1. The minimum Gasteiger partial charge on any atom is -0.496 e. The predicted octanol–water partition coefficient (Wildman–Crippen LogP) is 3.21. The average molecular weight is 257 g/mol. The molecule has 0 spiro atoms. The van der Waals surface area contributed by atoms with E-state index in [1.54, 1.807) is 18.4 Å². The van der Waals surface area contributed by atoms with Crippen molar-refractivity contribution < 1.29 is 4.74 Å². The lowest BCUT2D eigenvalue weighted by Gasteiger charge is -1.92. The summed E-state index contributed by atoms with van der Waals surface area (Å²) in [5.41, 5.74) is 1.00. The van der Waals surface area contributed by atoms with E-state index in [1.165, 1.54) is 0 Å². The van der Waals surface area contributed by atoms with Crippen LogP contribution in [0.15, 0.2) is 41.8 Å². The first-order valence-electron chi connectivity index (χ1n) is 5.47. The van der Waals surface area contributed by atoms with Crippen LogP contribution in [0, 0.1) is 0 Å². The zero-order valence-corrected chi connectivity index (χ0v) is 10.6. The van der Waals surface area contributed by atoms with Crippen molar-refractivity contribution in [3.63, 3.8) is 0 Å². The molecule has 1 N–H and O–H groups in total. The molecule has 0 aliphatic heterocycles. The van der Waals surface area contributed by atoms with E-state index >= 15 is 0 Å². The molecule has 0 aliphatic carbocycles. The number of nitrogens with zero attached hydrogens (tertiary/aromatic N) is 2. The van der Waals surface area contributed by atoms with Gasteiger partial charge in [0.1, 0.15) is 5.75 Å². The van der Waals surface area contributed by atoms with Crippen molar-refractivity contribution >= 4 is 11.3 Å². The molecule has 0 bridgehead atoms. The van der Waals surface area contributed by atoms with Crippen LogP contribution in [0.3, 0.4) is 0 Å². The number of ether oxygens (including phenoxy) is 1. The van der Waals surface area contributed by atoms with Crippen molar-refractivity contribution in [1.29, 1.82) is 0 Å². The fourth-order valence-electron chi connectivity index (χ4n) is 1.64. The van der Waals surface area contributed by atoms with Crippen molar-refractivity contribution in [2.24, 2.45) is 0 Å². The van der Waals surface area contributed by atoms with Gasteiger partial charge in [-0.1, -0.05) is 30.3 Å². The third-order valence-corrected chi connectivity index (χ3v) is 3.48. The summed E-state index contributed by atoms with van der Waals surface area (Å²) in [6.07, 6.45) is 0. The third kappa shape index (κ3) is 2.00. The van der Waals surface area contributed by atoms with Gasteiger partial charge in [0, 0.05) is 17.0 Å². The summed E-state index contributed by atoms with van der Waals surface area (Å²) in [7, 11) is 1.65. The predicted molar refractivity (Wildman–Crippen MR) is 71.7 cm³/mol. The Hall–Kier alpha value is -2.14. The lowest BCUT2D eigenvalue weighted by molar-refractivity contribution is 0.417. The maximum atomic E-state index is 5.16. The number of hydrogen-bond acceptors (Lipinski definition) is 4. The summed E-state index contributed by atoms with van der Waals surface area (Å²) < 4.78 is 5.16. The monoisotopic (exact) mass is 257 g/mol. The number of benzene rings is 1. The first-order chi connectivity index (χ1) is 8.86. The van der Waals surface area contributed by atoms with Crippen molar-refractivity contribution in [3.8, 4) is 27.8 Å². The Bertz CT molecular complexity index is 645. The molecule has 5 heteroatoms. The van der Waals surface area contributed by atoms with Crippen LogP contribution >= 0.6 is 11.3 Å². The molecule has 2 heterocycles. The van der Waals surface area contributed by atoms with Crippen LogP contribution in [0.1, 0.15) is 0 Å². The van der Waals surface area contributed by atoms with Gasteiger partial charge in [0.15, 0.2) is 11.6 Å². The Morgan fingerprint density at radius 3 is 2.78 bits per heavy atom. The average Bonchev–Trinajstić information content (AvgIpc) is 3.08. The maximum absolute atomic E-state index is 5.16. The summed E-state index contributed by atoms with van der Waals surface area (Å²) in [5.74, 6) is 2.31. The highest BCUT2D eigenvalue weighted by Gasteiger charge is 2.09. The molecule has 0 amide bonds. The quantitative estimate of drug-likeness (QED) is 0.783. The molecule has 0 radical (unpaired) electrons. The molecule has 0 unspecified atom stereocenters. The normalized spacial score (nSPS) is 10.5. The molecular weight excluding hydrogens is 246 g/mol. The number of aromatic nitrogens is 3. The van der Waals surface area contributed by atoms with Gasteiger partial charge in [0.05, 0.1) is 12.0 Å². The number of H-pyrrole nitrogens is 1. The van der Waals surface area contributed by atoms with E-state index in [0.717, 1.165) is 22.0 Å². The Labute approximate surface area is 108 Å². The van der Waals surface area contributed by atoms with Crippen LogP contribution in [-0.4, -0.2) is 22.3 Å². The van der Waals surface area contributed by atoms with E-state index in [9.17, 15) is 0 Å². The van der Waals surface area contributed by atoms with Gasteiger partial charge in [-0.3, -0.25) is 5.10 Å². The van der Waals surface area contributed by atoms with E-state index in [2.05, 4.69) is 15.2 Å². The van der Waals surface area contributed by atoms with Gasteiger partial charge in [-0.25, -0.2) is 4.98 Å². The highest BCUT2D eigenvalue weighted by molar-refractivity contribution is 7.13. The first-order valence-corrected chi connectivity index (χ1v) is 6.35. The zero-order chi connectivity index (χ0) is 12.4. The molecular formula is C13H11N3OS. The van der Waals surface area contributed by atoms with E-state index < -0.39 is 0 Å². The van der Waals surface area contributed by atoms with Crippen molar-refractivity contribution in [1.82, 2.24) is 15.2 Å². The summed E-state index contributed by atoms with van der Waals surface area (Å²) in [6.45, 7) is 0. The number of rotatable bonds is 3. The van der Waals surface area contributed by atoms with Crippen LogP contribution in [0.25, 0.3) is 22.1 Å². The van der Waals surface area contributed by atoms with E-state index in [4.69, 9.17) is 4.74 Å². The largest absolute Gasteiger partial charge is 0.496 e. The summed E-state index contributed by atoms with van der Waals surface area (Å²) in [6, 6.07) is 11.8. The number of thiophene rings is 1. The first kappa shape index (κ1) is 11.0. The third-order valence-electron chi connectivity index (χ3n) is 2.56. The van der Waals surface area contributed by atoms with E-state index in [1.807, 2.05) is 41.8 Å². The van der Waals surface area contributed by atoms with Crippen LogP contribution in [0.5, 0.6) is 5.75 Å². The SMILES string of the molecule is COc1csc(-c2nc(-c3ccccc3)n[nH]2)c1. The van der Waals surface area contributed by atoms with Crippen LogP contribution in [0.4, 0.5) is 0 Å². The Kier molecular flexibility index (Phi) is 2.82. The molecule has 3 aromatic rings. The fourth-order valence-corrected chi connectivity index (χ4v) is 2.43. The molecule has 0 saturated carbocycles. The lowest BCUT2D eigenvalue weighted by atomic mass is 10.2. The van der Waals surface area contributed by atoms with Gasteiger partial charge >= 0.3 is 0 Å². The van der Waals surface area contributed by atoms with Gasteiger partial charge in [-0.15, -0.1) is 11.3 Å². The minimum atomic E-state index is 0.706. The summed E-state index contributed by atoms with van der Waals surface area (Å²) in [4.78, 5) is 5.50. The van der Waals surface area contributed by atoms with Gasteiger partial charge in [0.25, 0.3) is 0 Å². The number of hydrogen-bond donors (Lipinski definition) is 1. The number of methoxy groups -OCH3 is 1. The topological polar surface area (TPSA) is 50.8 Å². The Morgan fingerprint density at radius 1 is 1.22 bits per heavy atom. The highest BCUT2D eigenvalue weighted by Crippen LogP contribution is 2.29. The summed E-state index contributed by atoms with van der Waals surface area (Å²) in [5, 5.41) is 9.12. The molecule has 0 aliphatic rings. The molecule has 1 aromatic carbocycles. The van der Waals surface area contributed by atoms with Crippen molar-refractivity contribution in [2.75, 3.05) is 7.11 Å². The van der Waals surface area contributed by atoms with E-state index in [0.29, 0.717) is 5.82 Å². The molecule has 4 nitrogen and oxygen atoms in total. The molecule has 0 saturated heterocycles. The maximum Gasteiger partial charge on any atom is 0.181 e. The van der Waals surface area contributed by atoms with Crippen LogP contribution < -0.4 is 4.74 Å². The second-order valence-electron chi connectivity index (χ2n) is 3.72. The molecule has 18 heavy (non-hydrogen) atoms. The van der Waals surface area contributed by atoms with Gasteiger partial charge in [-0.05, 0) is 0 Å².